The number of rotatable bonds is 6. The number of allylic oxidation sites excluding steroid dienone is 5. The van der Waals surface area contributed by atoms with Crippen LogP contribution in [0.25, 0.3) is 0 Å². The molecule has 3 amide bonds. The highest BCUT2D eigenvalue weighted by atomic mass is 16.3. The van der Waals surface area contributed by atoms with Crippen LogP contribution in [0.5, 0.6) is 0 Å². The largest absolute Gasteiger partial charge is 0.383 e. The van der Waals surface area contributed by atoms with Gasteiger partial charge in [-0.25, -0.2) is 5.01 Å². The van der Waals surface area contributed by atoms with Crippen LogP contribution in [0.4, 0.5) is 0 Å². The van der Waals surface area contributed by atoms with Crippen molar-refractivity contribution in [3.63, 3.8) is 0 Å². The first-order valence-corrected chi connectivity index (χ1v) is 9.79. The van der Waals surface area contributed by atoms with Crippen LogP contribution in [0, 0.1) is 17.3 Å². The Hall–Kier alpha value is -2.41. The number of carbonyl (C=O) groups is 3. The second-order valence-electron chi connectivity index (χ2n) is 8.07. The second kappa shape index (κ2) is 9.19. The molecule has 1 unspecified atom stereocenters. The minimum Gasteiger partial charge on any atom is -0.383 e. The van der Waals surface area contributed by atoms with Crippen molar-refractivity contribution in [3.05, 3.63) is 36.6 Å². The number of carbonyl (C=O) groups excluding carboxylic acids is 3. The first-order chi connectivity index (χ1) is 13.2. The van der Waals surface area contributed by atoms with Crippen molar-refractivity contribution >= 4 is 17.7 Å². The van der Waals surface area contributed by atoms with Crippen LogP contribution in [-0.4, -0.2) is 40.0 Å². The van der Waals surface area contributed by atoms with E-state index in [0.717, 1.165) is 12.8 Å². The number of nitrogens with zero attached hydrogens (tertiary/aromatic N) is 1. The van der Waals surface area contributed by atoms with Gasteiger partial charge in [-0.1, -0.05) is 51.2 Å². The summed E-state index contributed by atoms with van der Waals surface area (Å²) in [4.78, 5) is 37.7. The summed E-state index contributed by atoms with van der Waals surface area (Å²) in [5.41, 5.74) is 1.96. The monoisotopic (exact) mass is 389 g/mol. The van der Waals surface area contributed by atoms with E-state index in [1.807, 2.05) is 37.3 Å². The molecule has 1 heterocycles. The topological polar surface area (TPSA) is 98.7 Å². The van der Waals surface area contributed by atoms with Crippen molar-refractivity contribution in [2.75, 3.05) is 0 Å². The fraction of sp³-hybridized carbons (Fsp3) is 0.571. The van der Waals surface area contributed by atoms with Crippen LogP contribution in [0.3, 0.4) is 0 Å². The number of hydrogen-bond acceptors (Lipinski definition) is 4. The Morgan fingerprint density at radius 2 is 1.93 bits per heavy atom. The van der Waals surface area contributed by atoms with E-state index in [0.29, 0.717) is 6.42 Å². The molecule has 0 aromatic rings. The van der Waals surface area contributed by atoms with Crippen molar-refractivity contribution in [1.29, 1.82) is 0 Å². The molecule has 7 heteroatoms. The van der Waals surface area contributed by atoms with Gasteiger partial charge in [0.25, 0.3) is 11.8 Å². The average molecular weight is 389 g/mol. The summed E-state index contributed by atoms with van der Waals surface area (Å²) in [6.07, 6.45) is 12.4. The highest BCUT2D eigenvalue weighted by Gasteiger charge is 2.43. The molecule has 4 atom stereocenters. The maximum atomic E-state index is 13.2. The zero-order valence-electron chi connectivity index (χ0n) is 17.0. The molecule has 2 rings (SSSR count). The van der Waals surface area contributed by atoms with E-state index in [9.17, 15) is 19.5 Å². The lowest BCUT2D eigenvalue weighted by Gasteiger charge is -2.37. The Balaban J connectivity index is 2.05. The fourth-order valence-corrected chi connectivity index (χ4v) is 3.38. The predicted molar refractivity (Wildman–Crippen MR) is 106 cm³/mol. The van der Waals surface area contributed by atoms with E-state index in [-0.39, 0.29) is 17.7 Å². The molecule has 28 heavy (non-hydrogen) atoms. The number of aliphatic hydroxyl groups excluding tert-OH is 1. The molecule has 0 bridgehead atoms. The molecule has 0 spiro atoms. The summed E-state index contributed by atoms with van der Waals surface area (Å²) in [7, 11) is 0. The van der Waals surface area contributed by atoms with Gasteiger partial charge in [0.1, 0.15) is 12.1 Å². The van der Waals surface area contributed by atoms with Crippen LogP contribution >= 0.6 is 0 Å². The number of nitrogens with one attached hydrogen (secondary N) is 2. The molecule has 154 valence electrons. The van der Waals surface area contributed by atoms with Crippen molar-refractivity contribution in [1.82, 2.24) is 15.8 Å². The number of hydrazine groups is 1. The van der Waals surface area contributed by atoms with Gasteiger partial charge in [0.2, 0.25) is 5.91 Å². The Bertz CT molecular complexity index is 698. The molecule has 0 fully saturated rings. The molecule has 7 nitrogen and oxygen atoms in total. The molecule has 0 saturated heterocycles. The molecule has 0 saturated carbocycles. The molecule has 1 aliphatic heterocycles. The van der Waals surface area contributed by atoms with Crippen molar-refractivity contribution in [2.24, 2.45) is 17.3 Å². The van der Waals surface area contributed by atoms with Crippen LogP contribution in [-0.2, 0) is 14.4 Å². The van der Waals surface area contributed by atoms with E-state index in [2.05, 4.69) is 10.7 Å². The normalized spacial score (nSPS) is 26.7. The Morgan fingerprint density at radius 3 is 2.54 bits per heavy atom. The van der Waals surface area contributed by atoms with E-state index in [1.54, 1.807) is 20.0 Å². The standard InChI is InChI=1S/C21H31N3O4/c1-14(2)17(25)19(27)22-15(3)18(26)23-24-13-9-8-12-21(4,20(24)28)16-10-6-5-7-11-16/h5-7,9-10,13-17,25H,8,11-12H2,1-4H3,(H,22,27)(H,23,26)/t15-,16+,17-,21?/m0/s1. The lowest BCUT2D eigenvalue weighted by Crippen LogP contribution is -2.55. The first-order valence-electron chi connectivity index (χ1n) is 9.79. The Kier molecular flexibility index (Phi) is 7.18. The van der Waals surface area contributed by atoms with Crippen molar-refractivity contribution in [3.8, 4) is 0 Å². The summed E-state index contributed by atoms with van der Waals surface area (Å²) in [6, 6.07) is -0.894. The highest BCUT2D eigenvalue weighted by molar-refractivity contribution is 5.91. The van der Waals surface area contributed by atoms with Gasteiger partial charge >= 0.3 is 0 Å². The first kappa shape index (κ1) is 21.9. The molecule has 3 N–H and O–H groups in total. The molecule has 2 aliphatic rings. The zero-order valence-corrected chi connectivity index (χ0v) is 17.0. The lowest BCUT2D eigenvalue weighted by atomic mass is 9.70. The van der Waals surface area contributed by atoms with Gasteiger partial charge < -0.3 is 10.4 Å². The summed E-state index contributed by atoms with van der Waals surface area (Å²) in [5, 5.41) is 13.5. The zero-order chi connectivity index (χ0) is 20.9. The second-order valence-corrected chi connectivity index (χ2v) is 8.07. The SMILES string of the molecule is CC(C)[C@H](O)C(=O)N[C@@H](C)C(=O)NN1C=CCCC(C)([C@@H]2C=CC=CC2)C1=O. The van der Waals surface area contributed by atoms with E-state index < -0.39 is 29.4 Å². The van der Waals surface area contributed by atoms with E-state index in [1.165, 1.54) is 11.9 Å². The maximum Gasteiger partial charge on any atom is 0.261 e. The third-order valence-electron chi connectivity index (χ3n) is 5.47. The molecular weight excluding hydrogens is 358 g/mol. The Labute approximate surface area is 166 Å². The molecule has 1 aliphatic carbocycles. The maximum absolute atomic E-state index is 13.2. The van der Waals surface area contributed by atoms with Gasteiger partial charge in [0.15, 0.2) is 0 Å². The minimum absolute atomic E-state index is 0.0580. The quantitative estimate of drug-likeness (QED) is 0.645. The van der Waals surface area contributed by atoms with E-state index in [4.69, 9.17) is 0 Å². The average Bonchev–Trinajstić information content (AvgIpc) is 2.82. The molecule has 0 aromatic carbocycles. The smallest absolute Gasteiger partial charge is 0.261 e. The van der Waals surface area contributed by atoms with Gasteiger partial charge in [-0.2, -0.15) is 0 Å². The third-order valence-corrected chi connectivity index (χ3v) is 5.47. The van der Waals surface area contributed by atoms with Crippen molar-refractivity contribution in [2.45, 2.75) is 59.1 Å². The van der Waals surface area contributed by atoms with Gasteiger partial charge in [-0.05, 0) is 38.0 Å². The highest BCUT2D eigenvalue weighted by Crippen LogP contribution is 2.40. The van der Waals surface area contributed by atoms with Crippen LogP contribution in [0.15, 0.2) is 36.6 Å². The third kappa shape index (κ3) is 4.90. The molecule has 0 radical (unpaired) electrons. The number of hydrogen-bond donors (Lipinski definition) is 3. The summed E-state index contributed by atoms with van der Waals surface area (Å²) < 4.78 is 0. The summed E-state index contributed by atoms with van der Waals surface area (Å²) in [5.74, 6) is -1.52. The van der Waals surface area contributed by atoms with Crippen LogP contribution in [0.1, 0.15) is 47.0 Å². The van der Waals surface area contributed by atoms with Crippen LogP contribution in [0.2, 0.25) is 0 Å². The van der Waals surface area contributed by atoms with Gasteiger partial charge in [0.05, 0.1) is 5.41 Å². The predicted octanol–water partition coefficient (Wildman–Crippen LogP) is 1.81. The van der Waals surface area contributed by atoms with Crippen molar-refractivity contribution < 1.29 is 19.5 Å². The number of aliphatic hydroxyl groups is 1. The van der Waals surface area contributed by atoms with Gasteiger partial charge in [-0.15, -0.1) is 0 Å². The summed E-state index contributed by atoms with van der Waals surface area (Å²) >= 11 is 0. The van der Waals surface area contributed by atoms with Gasteiger partial charge in [-0.3, -0.25) is 19.8 Å². The van der Waals surface area contributed by atoms with Gasteiger partial charge in [0, 0.05) is 6.20 Å². The van der Waals surface area contributed by atoms with E-state index >= 15 is 0 Å². The number of amides is 3. The molecular formula is C21H31N3O4. The summed E-state index contributed by atoms with van der Waals surface area (Å²) in [6.45, 7) is 6.87. The Morgan fingerprint density at radius 1 is 1.21 bits per heavy atom. The lowest BCUT2D eigenvalue weighted by molar-refractivity contribution is -0.148. The fourth-order valence-electron chi connectivity index (χ4n) is 3.38. The molecule has 0 aromatic heterocycles. The van der Waals surface area contributed by atoms with Crippen LogP contribution < -0.4 is 10.7 Å². The minimum atomic E-state index is -1.19.